The molecule has 1 saturated heterocycles. The minimum atomic E-state index is 0.135. The number of nitrogens with two attached hydrogens (primary N) is 1. The molecule has 0 saturated carbocycles. The number of thioether (sulfide) groups is 1. The topological polar surface area (TPSA) is 53.1 Å². The molecule has 0 spiro atoms. The van der Waals surface area contributed by atoms with Crippen LogP contribution < -0.4 is 10.6 Å². The summed E-state index contributed by atoms with van der Waals surface area (Å²) >= 11 is 2.01. The summed E-state index contributed by atoms with van der Waals surface area (Å²) in [6.07, 6.45) is 0. The van der Waals surface area contributed by atoms with E-state index >= 15 is 0 Å². The number of hydrogen-bond acceptors (Lipinski definition) is 3. The van der Waals surface area contributed by atoms with Gasteiger partial charge in [0.1, 0.15) is 5.84 Å². The molecule has 0 atom stereocenters. The smallest absolute Gasteiger partial charge is 0.122 e. The third kappa shape index (κ3) is 2.45. The van der Waals surface area contributed by atoms with Gasteiger partial charge in [-0.15, -0.1) is 0 Å². The van der Waals surface area contributed by atoms with Crippen molar-refractivity contribution in [2.24, 2.45) is 5.73 Å². The van der Waals surface area contributed by atoms with Crippen LogP contribution in [0.25, 0.3) is 0 Å². The Hall–Kier alpha value is -1.16. The van der Waals surface area contributed by atoms with Gasteiger partial charge in [-0.25, -0.2) is 0 Å². The summed E-state index contributed by atoms with van der Waals surface area (Å²) in [7, 11) is 0. The lowest BCUT2D eigenvalue weighted by Crippen LogP contribution is -2.32. The van der Waals surface area contributed by atoms with Crippen LogP contribution in [0.2, 0.25) is 0 Å². The molecule has 0 radical (unpaired) electrons. The molecule has 1 aromatic rings. The van der Waals surface area contributed by atoms with Crippen molar-refractivity contribution in [2.45, 2.75) is 0 Å². The molecule has 0 aromatic heterocycles. The number of amidine groups is 1. The second-order valence-electron chi connectivity index (χ2n) is 3.56. The van der Waals surface area contributed by atoms with Crippen molar-refractivity contribution in [1.82, 2.24) is 0 Å². The number of nitrogens with one attached hydrogen (secondary N) is 1. The Kier molecular flexibility index (Phi) is 3.16. The van der Waals surface area contributed by atoms with E-state index in [9.17, 15) is 0 Å². The first-order chi connectivity index (χ1) is 7.27. The second kappa shape index (κ2) is 4.57. The Balaban J connectivity index is 2.11. The van der Waals surface area contributed by atoms with Crippen LogP contribution in [0.5, 0.6) is 0 Å². The number of anilines is 1. The van der Waals surface area contributed by atoms with E-state index in [1.165, 1.54) is 17.2 Å². The maximum atomic E-state index is 7.31. The van der Waals surface area contributed by atoms with Crippen LogP contribution in [-0.2, 0) is 0 Å². The minimum absolute atomic E-state index is 0.135. The largest absolute Gasteiger partial charge is 0.384 e. The molecular weight excluding hydrogens is 206 g/mol. The average Bonchev–Trinajstić information content (AvgIpc) is 2.30. The molecule has 80 valence electrons. The maximum Gasteiger partial charge on any atom is 0.122 e. The van der Waals surface area contributed by atoms with E-state index in [-0.39, 0.29) is 5.84 Å². The second-order valence-corrected chi connectivity index (χ2v) is 4.78. The van der Waals surface area contributed by atoms with Crippen LogP contribution in [0.3, 0.4) is 0 Å². The monoisotopic (exact) mass is 221 g/mol. The van der Waals surface area contributed by atoms with Crippen LogP contribution in [0.4, 0.5) is 5.69 Å². The lowest BCUT2D eigenvalue weighted by molar-refractivity contribution is 0.859. The van der Waals surface area contributed by atoms with Gasteiger partial charge in [0.15, 0.2) is 0 Å². The van der Waals surface area contributed by atoms with Crippen molar-refractivity contribution in [1.29, 1.82) is 5.41 Å². The quantitative estimate of drug-likeness (QED) is 0.588. The Morgan fingerprint density at radius 1 is 1.20 bits per heavy atom. The number of rotatable bonds is 2. The summed E-state index contributed by atoms with van der Waals surface area (Å²) in [6.45, 7) is 2.23. The first kappa shape index (κ1) is 10.4. The van der Waals surface area contributed by atoms with Gasteiger partial charge >= 0.3 is 0 Å². The highest BCUT2D eigenvalue weighted by Crippen LogP contribution is 2.19. The third-order valence-corrected chi connectivity index (χ3v) is 3.50. The molecule has 1 aliphatic heterocycles. The highest BCUT2D eigenvalue weighted by atomic mass is 32.2. The van der Waals surface area contributed by atoms with Crippen molar-refractivity contribution in [3.8, 4) is 0 Å². The Morgan fingerprint density at radius 2 is 1.80 bits per heavy atom. The highest BCUT2D eigenvalue weighted by molar-refractivity contribution is 7.99. The number of nitrogens with zero attached hydrogens (tertiary/aromatic N) is 1. The zero-order chi connectivity index (χ0) is 10.7. The van der Waals surface area contributed by atoms with Crippen LogP contribution >= 0.6 is 11.8 Å². The lowest BCUT2D eigenvalue weighted by atomic mass is 10.2. The van der Waals surface area contributed by atoms with Crippen LogP contribution in [0.15, 0.2) is 24.3 Å². The average molecular weight is 221 g/mol. The molecule has 0 amide bonds. The zero-order valence-electron chi connectivity index (χ0n) is 8.57. The molecule has 0 bridgehead atoms. The van der Waals surface area contributed by atoms with Gasteiger partial charge in [0.25, 0.3) is 0 Å². The predicted octanol–water partition coefficient (Wildman–Crippen LogP) is 1.52. The fourth-order valence-electron chi connectivity index (χ4n) is 1.67. The molecule has 1 aromatic carbocycles. The number of hydrogen-bond donors (Lipinski definition) is 2. The molecule has 0 aliphatic carbocycles. The molecule has 1 fully saturated rings. The molecule has 1 aliphatic rings. The summed E-state index contributed by atoms with van der Waals surface area (Å²) in [5.74, 6) is 2.54. The van der Waals surface area contributed by atoms with Crippen LogP contribution in [0.1, 0.15) is 5.56 Å². The minimum Gasteiger partial charge on any atom is -0.384 e. The van der Waals surface area contributed by atoms with Crippen molar-refractivity contribution in [3.05, 3.63) is 29.8 Å². The predicted molar refractivity (Wildman–Crippen MR) is 67.0 cm³/mol. The van der Waals surface area contributed by atoms with Crippen molar-refractivity contribution < 1.29 is 0 Å². The molecule has 3 nitrogen and oxygen atoms in total. The van der Waals surface area contributed by atoms with E-state index in [0.29, 0.717) is 0 Å². The van der Waals surface area contributed by atoms with Gasteiger partial charge in [-0.1, -0.05) is 0 Å². The van der Waals surface area contributed by atoms with E-state index < -0.39 is 0 Å². The zero-order valence-corrected chi connectivity index (χ0v) is 9.39. The van der Waals surface area contributed by atoms with Crippen molar-refractivity contribution >= 4 is 23.3 Å². The fourth-order valence-corrected chi connectivity index (χ4v) is 2.58. The molecule has 4 heteroatoms. The molecular formula is C11H15N3S. The summed E-state index contributed by atoms with van der Waals surface area (Å²) in [6, 6.07) is 7.93. The molecule has 15 heavy (non-hydrogen) atoms. The van der Waals surface area contributed by atoms with Crippen LogP contribution in [0, 0.1) is 5.41 Å². The van der Waals surface area contributed by atoms with Crippen molar-refractivity contribution in [2.75, 3.05) is 29.5 Å². The summed E-state index contributed by atoms with van der Waals surface area (Å²) in [5, 5.41) is 7.31. The molecule has 1 heterocycles. The molecule has 2 rings (SSSR count). The first-order valence-electron chi connectivity index (χ1n) is 5.04. The Labute approximate surface area is 94.2 Å². The summed E-state index contributed by atoms with van der Waals surface area (Å²) in [4.78, 5) is 2.38. The van der Waals surface area contributed by atoms with Crippen LogP contribution in [-0.4, -0.2) is 30.4 Å². The molecule has 0 unspecified atom stereocenters. The van der Waals surface area contributed by atoms with Gasteiger partial charge in [-0.3, -0.25) is 5.41 Å². The SMILES string of the molecule is N=C(N)c1ccc(N2CCSCC2)cc1. The summed E-state index contributed by atoms with van der Waals surface area (Å²) < 4.78 is 0. The van der Waals surface area contributed by atoms with Gasteiger partial charge in [-0.2, -0.15) is 11.8 Å². The standard InChI is InChI=1S/C11H15N3S/c12-11(13)9-1-3-10(4-2-9)14-5-7-15-8-6-14/h1-4H,5-8H2,(H3,12,13). The van der Waals surface area contributed by atoms with Gasteiger partial charge in [0.2, 0.25) is 0 Å². The first-order valence-corrected chi connectivity index (χ1v) is 6.20. The van der Waals surface area contributed by atoms with Gasteiger partial charge in [-0.05, 0) is 24.3 Å². The van der Waals surface area contributed by atoms with Gasteiger partial charge in [0, 0.05) is 35.8 Å². The number of nitrogen functional groups attached to an aromatic ring is 1. The van der Waals surface area contributed by atoms with Gasteiger partial charge < -0.3 is 10.6 Å². The van der Waals surface area contributed by atoms with E-state index in [4.69, 9.17) is 11.1 Å². The maximum absolute atomic E-state index is 7.31. The Morgan fingerprint density at radius 3 is 2.33 bits per heavy atom. The Bertz CT molecular complexity index is 341. The van der Waals surface area contributed by atoms with Crippen molar-refractivity contribution in [3.63, 3.8) is 0 Å². The normalized spacial score (nSPS) is 16.4. The van der Waals surface area contributed by atoms with E-state index in [1.807, 2.05) is 36.0 Å². The van der Waals surface area contributed by atoms with E-state index in [2.05, 4.69) is 4.90 Å². The highest BCUT2D eigenvalue weighted by Gasteiger charge is 2.10. The lowest BCUT2D eigenvalue weighted by Gasteiger charge is -2.28. The molecule has 3 N–H and O–H groups in total. The van der Waals surface area contributed by atoms with E-state index in [1.54, 1.807) is 0 Å². The summed E-state index contributed by atoms with van der Waals surface area (Å²) in [5.41, 5.74) is 7.44. The van der Waals surface area contributed by atoms with E-state index in [0.717, 1.165) is 18.7 Å². The third-order valence-electron chi connectivity index (χ3n) is 2.55. The van der Waals surface area contributed by atoms with Gasteiger partial charge in [0.05, 0.1) is 0 Å². The fraction of sp³-hybridized carbons (Fsp3) is 0.364. The number of benzene rings is 1.